The topological polar surface area (TPSA) is 106 Å². The molecule has 0 bridgehead atoms. The van der Waals surface area contributed by atoms with E-state index in [1.807, 2.05) is 6.07 Å². The molecule has 0 unspecified atom stereocenters. The summed E-state index contributed by atoms with van der Waals surface area (Å²) in [5.41, 5.74) is 7.34. The minimum atomic E-state index is -0.514. The molecule has 1 aromatic carbocycles. The number of hydrogen-bond donors (Lipinski definition) is 1. The Morgan fingerprint density at radius 2 is 1.95 bits per heavy atom. The van der Waals surface area contributed by atoms with Gasteiger partial charge in [-0.3, -0.25) is 15.1 Å². The molecule has 104 valence electrons. The Kier molecular flexibility index (Phi) is 4.30. The van der Waals surface area contributed by atoms with Gasteiger partial charge in [0.1, 0.15) is 6.07 Å². The van der Waals surface area contributed by atoms with E-state index in [-0.39, 0.29) is 17.0 Å². The molecular formula is C14H9BrN4O2. The van der Waals surface area contributed by atoms with E-state index >= 15 is 0 Å². The Balaban J connectivity index is 2.61. The third-order valence-electron chi connectivity index (χ3n) is 2.75. The minimum Gasteiger partial charge on any atom is -0.397 e. The van der Waals surface area contributed by atoms with Gasteiger partial charge in [-0.25, -0.2) is 0 Å². The molecule has 0 saturated heterocycles. The second-order valence-corrected chi connectivity index (χ2v) is 5.01. The third kappa shape index (κ3) is 3.24. The van der Waals surface area contributed by atoms with Gasteiger partial charge in [0.05, 0.1) is 16.2 Å². The van der Waals surface area contributed by atoms with Crippen LogP contribution in [0.15, 0.2) is 47.2 Å². The first-order valence-corrected chi connectivity index (χ1v) is 6.58. The molecular weight excluding hydrogens is 336 g/mol. The molecule has 7 heteroatoms. The molecule has 0 saturated carbocycles. The van der Waals surface area contributed by atoms with E-state index in [9.17, 15) is 15.4 Å². The van der Waals surface area contributed by atoms with Crippen molar-refractivity contribution in [3.05, 3.63) is 68.4 Å². The molecule has 0 atom stereocenters. The summed E-state index contributed by atoms with van der Waals surface area (Å²) in [7, 11) is 0. The maximum Gasteiger partial charge on any atom is 0.271 e. The predicted octanol–water partition coefficient (Wildman–Crippen LogP) is 3.10. The summed E-state index contributed by atoms with van der Waals surface area (Å²) in [5, 5.41) is 20.2. The standard InChI is InChI=1S/C14H9BrN4O2/c15-11-5-10(6-12(7-11)19(20)21)14(17)13(8-16)9-1-3-18-4-2-9/h1-7H,17H2/b14-13-. The largest absolute Gasteiger partial charge is 0.397 e. The lowest BCUT2D eigenvalue weighted by Gasteiger charge is -2.07. The first-order chi connectivity index (χ1) is 10.0. The van der Waals surface area contributed by atoms with E-state index in [4.69, 9.17) is 5.73 Å². The summed E-state index contributed by atoms with van der Waals surface area (Å²) in [4.78, 5) is 14.3. The first kappa shape index (κ1) is 14.7. The number of nitro benzene ring substituents is 1. The number of halogens is 1. The van der Waals surface area contributed by atoms with E-state index in [0.717, 1.165) is 0 Å². The summed E-state index contributed by atoms with van der Waals surface area (Å²) in [6.07, 6.45) is 3.09. The van der Waals surface area contributed by atoms with Crippen molar-refractivity contribution in [1.29, 1.82) is 5.26 Å². The second-order valence-electron chi connectivity index (χ2n) is 4.09. The number of pyridine rings is 1. The van der Waals surface area contributed by atoms with E-state index in [1.165, 1.54) is 12.1 Å². The molecule has 0 fully saturated rings. The smallest absolute Gasteiger partial charge is 0.271 e. The SMILES string of the molecule is N#C/C(=C(/N)c1cc(Br)cc([N+](=O)[O-])c1)c1ccncc1. The number of hydrogen-bond acceptors (Lipinski definition) is 5. The molecule has 0 radical (unpaired) electrons. The molecule has 0 aliphatic rings. The molecule has 1 heterocycles. The number of allylic oxidation sites excluding steroid dienone is 1. The lowest BCUT2D eigenvalue weighted by Crippen LogP contribution is -2.02. The third-order valence-corrected chi connectivity index (χ3v) is 3.21. The molecule has 0 spiro atoms. The van der Waals surface area contributed by atoms with Crippen LogP contribution >= 0.6 is 15.9 Å². The van der Waals surface area contributed by atoms with Gasteiger partial charge in [0.25, 0.3) is 5.69 Å². The van der Waals surface area contributed by atoms with Gasteiger partial charge in [0, 0.05) is 34.6 Å². The maximum atomic E-state index is 10.9. The molecule has 21 heavy (non-hydrogen) atoms. The number of nitro groups is 1. The van der Waals surface area contributed by atoms with Crippen molar-refractivity contribution in [1.82, 2.24) is 4.98 Å². The van der Waals surface area contributed by atoms with Crippen LogP contribution in [0.5, 0.6) is 0 Å². The quantitative estimate of drug-likeness (QED) is 0.523. The van der Waals surface area contributed by atoms with Crippen LogP contribution in [0, 0.1) is 21.4 Å². The highest BCUT2D eigenvalue weighted by Crippen LogP contribution is 2.28. The molecule has 0 aliphatic carbocycles. The molecule has 1 aromatic heterocycles. The number of benzene rings is 1. The maximum absolute atomic E-state index is 10.9. The van der Waals surface area contributed by atoms with Crippen molar-refractivity contribution in [2.45, 2.75) is 0 Å². The summed E-state index contributed by atoms with van der Waals surface area (Å²) in [6, 6.07) is 9.66. The molecule has 2 N–H and O–H groups in total. The average molecular weight is 345 g/mol. The summed E-state index contributed by atoms with van der Waals surface area (Å²) >= 11 is 3.20. The monoisotopic (exact) mass is 344 g/mol. The van der Waals surface area contributed by atoms with Crippen LogP contribution in [0.3, 0.4) is 0 Å². The predicted molar refractivity (Wildman–Crippen MR) is 81.6 cm³/mol. The Morgan fingerprint density at radius 1 is 1.29 bits per heavy atom. The number of non-ortho nitro benzene ring substituents is 1. The van der Waals surface area contributed by atoms with Crippen LogP contribution in [0.4, 0.5) is 5.69 Å². The highest BCUT2D eigenvalue weighted by Gasteiger charge is 2.14. The highest BCUT2D eigenvalue weighted by molar-refractivity contribution is 9.10. The summed E-state index contributed by atoms with van der Waals surface area (Å²) in [6.45, 7) is 0. The van der Waals surface area contributed by atoms with Gasteiger partial charge < -0.3 is 5.73 Å². The molecule has 2 rings (SSSR count). The van der Waals surface area contributed by atoms with Crippen molar-refractivity contribution in [2.24, 2.45) is 5.73 Å². The second kappa shape index (κ2) is 6.15. The van der Waals surface area contributed by atoms with Crippen LogP contribution in [0.2, 0.25) is 0 Å². The van der Waals surface area contributed by atoms with Gasteiger partial charge in [-0.15, -0.1) is 0 Å². The normalized spacial score (nSPS) is 11.4. The van der Waals surface area contributed by atoms with Crippen molar-refractivity contribution in [3.63, 3.8) is 0 Å². The fourth-order valence-electron chi connectivity index (χ4n) is 1.78. The number of nitriles is 1. The fourth-order valence-corrected chi connectivity index (χ4v) is 2.26. The Bertz CT molecular complexity index is 766. The highest BCUT2D eigenvalue weighted by atomic mass is 79.9. The Morgan fingerprint density at radius 3 is 2.52 bits per heavy atom. The number of aromatic nitrogens is 1. The Hall–Kier alpha value is -2.72. The minimum absolute atomic E-state index is 0.102. The zero-order valence-corrected chi connectivity index (χ0v) is 12.2. The van der Waals surface area contributed by atoms with E-state index in [1.54, 1.807) is 30.6 Å². The van der Waals surface area contributed by atoms with E-state index in [2.05, 4.69) is 20.9 Å². The molecule has 0 aliphatic heterocycles. The van der Waals surface area contributed by atoms with Crippen molar-refractivity contribution in [2.75, 3.05) is 0 Å². The first-order valence-electron chi connectivity index (χ1n) is 5.78. The zero-order valence-electron chi connectivity index (χ0n) is 10.7. The van der Waals surface area contributed by atoms with Gasteiger partial charge in [-0.1, -0.05) is 15.9 Å². The van der Waals surface area contributed by atoms with Crippen molar-refractivity contribution >= 4 is 32.9 Å². The van der Waals surface area contributed by atoms with Gasteiger partial charge in [0.2, 0.25) is 0 Å². The summed E-state index contributed by atoms with van der Waals surface area (Å²) < 4.78 is 0.515. The molecule has 6 nitrogen and oxygen atoms in total. The van der Waals surface area contributed by atoms with Gasteiger partial charge >= 0.3 is 0 Å². The van der Waals surface area contributed by atoms with Crippen molar-refractivity contribution < 1.29 is 4.92 Å². The average Bonchev–Trinajstić information content (AvgIpc) is 2.48. The Labute approximate surface area is 128 Å². The summed E-state index contributed by atoms with van der Waals surface area (Å²) in [5.74, 6) is 0. The lowest BCUT2D eigenvalue weighted by molar-refractivity contribution is -0.384. The molecule has 0 amide bonds. The van der Waals surface area contributed by atoms with Crippen LogP contribution in [0.1, 0.15) is 11.1 Å². The van der Waals surface area contributed by atoms with E-state index < -0.39 is 4.92 Å². The van der Waals surface area contributed by atoms with E-state index in [0.29, 0.717) is 15.6 Å². The molecule has 2 aromatic rings. The van der Waals surface area contributed by atoms with Gasteiger partial charge in [-0.05, 0) is 23.8 Å². The van der Waals surface area contributed by atoms with Crippen LogP contribution in [-0.2, 0) is 0 Å². The van der Waals surface area contributed by atoms with Crippen LogP contribution < -0.4 is 5.73 Å². The van der Waals surface area contributed by atoms with Gasteiger partial charge in [0.15, 0.2) is 0 Å². The number of nitrogens with zero attached hydrogens (tertiary/aromatic N) is 3. The zero-order chi connectivity index (χ0) is 15.4. The van der Waals surface area contributed by atoms with Crippen molar-refractivity contribution in [3.8, 4) is 6.07 Å². The number of nitrogens with two attached hydrogens (primary N) is 1. The fraction of sp³-hybridized carbons (Fsp3) is 0. The lowest BCUT2D eigenvalue weighted by atomic mass is 10.0. The van der Waals surface area contributed by atoms with Crippen LogP contribution in [0.25, 0.3) is 11.3 Å². The van der Waals surface area contributed by atoms with Crippen LogP contribution in [-0.4, -0.2) is 9.91 Å². The number of rotatable bonds is 3. The van der Waals surface area contributed by atoms with Gasteiger partial charge in [-0.2, -0.15) is 5.26 Å².